The quantitative estimate of drug-likeness (QED) is 0.567. The number of nitrogens with zero attached hydrogens (tertiary/aromatic N) is 1. The predicted octanol–water partition coefficient (Wildman–Crippen LogP) is 3.53. The standard InChI is InChI=1S/C20H30N2O4/c1-14(2)26-18-10-9-16(11-19(18)24-4)12-21-25-13-20(23)22-17-8-6-5-7-15(17)3/h9-12,14-15,17H,5-8,13H2,1-4H3,(H,22,23)/b21-12-/t15-,17+/m1/s1. The van der Waals surface area contributed by atoms with Crippen molar-refractivity contribution in [2.24, 2.45) is 11.1 Å². The van der Waals surface area contributed by atoms with Gasteiger partial charge in [0.1, 0.15) is 0 Å². The van der Waals surface area contributed by atoms with E-state index in [1.54, 1.807) is 13.3 Å². The van der Waals surface area contributed by atoms with Crippen molar-refractivity contribution in [2.75, 3.05) is 13.7 Å². The third-order valence-corrected chi connectivity index (χ3v) is 4.48. The van der Waals surface area contributed by atoms with Crippen molar-refractivity contribution in [3.05, 3.63) is 23.8 Å². The predicted molar refractivity (Wildman–Crippen MR) is 102 cm³/mol. The fourth-order valence-electron chi connectivity index (χ4n) is 3.09. The Labute approximate surface area is 155 Å². The fraction of sp³-hybridized carbons (Fsp3) is 0.600. The monoisotopic (exact) mass is 362 g/mol. The molecule has 1 N–H and O–H groups in total. The number of hydrogen-bond donors (Lipinski definition) is 1. The Kier molecular flexibility index (Phi) is 7.75. The second-order valence-corrected chi connectivity index (χ2v) is 7.02. The van der Waals surface area contributed by atoms with Gasteiger partial charge in [-0.1, -0.05) is 24.9 Å². The lowest BCUT2D eigenvalue weighted by Gasteiger charge is -2.29. The minimum Gasteiger partial charge on any atom is -0.493 e. The van der Waals surface area contributed by atoms with E-state index in [1.165, 1.54) is 19.3 Å². The second-order valence-electron chi connectivity index (χ2n) is 7.02. The van der Waals surface area contributed by atoms with Crippen molar-refractivity contribution in [2.45, 2.75) is 58.6 Å². The zero-order chi connectivity index (χ0) is 18.9. The summed E-state index contributed by atoms with van der Waals surface area (Å²) in [7, 11) is 1.59. The lowest BCUT2D eigenvalue weighted by Crippen LogP contribution is -2.42. The first-order chi connectivity index (χ1) is 12.5. The van der Waals surface area contributed by atoms with E-state index in [0.29, 0.717) is 17.4 Å². The first-order valence-corrected chi connectivity index (χ1v) is 9.29. The van der Waals surface area contributed by atoms with E-state index in [-0.39, 0.29) is 24.7 Å². The van der Waals surface area contributed by atoms with Crippen LogP contribution in [-0.4, -0.2) is 38.0 Å². The van der Waals surface area contributed by atoms with Crippen LogP contribution in [0.25, 0.3) is 0 Å². The Morgan fingerprint density at radius 2 is 2.08 bits per heavy atom. The third kappa shape index (κ3) is 6.24. The van der Waals surface area contributed by atoms with Crippen LogP contribution in [0.4, 0.5) is 0 Å². The first kappa shape index (κ1) is 20.1. The van der Waals surface area contributed by atoms with Crippen LogP contribution >= 0.6 is 0 Å². The maximum Gasteiger partial charge on any atom is 0.261 e. The van der Waals surface area contributed by atoms with Crippen molar-refractivity contribution in [1.29, 1.82) is 0 Å². The Bertz CT molecular complexity index is 616. The van der Waals surface area contributed by atoms with Crippen LogP contribution in [0.3, 0.4) is 0 Å². The first-order valence-electron chi connectivity index (χ1n) is 9.29. The summed E-state index contributed by atoms with van der Waals surface area (Å²) in [5, 5.41) is 6.91. The number of carbonyl (C=O) groups excluding carboxylic acids is 1. The molecule has 0 radical (unpaired) electrons. The maximum atomic E-state index is 12.0. The summed E-state index contributed by atoms with van der Waals surface area (Å²) in [5.41, 5.74) is 0.805. The minimum absolute atomic E-state index is 0.0668. The molecule has 0 saturated heterocycles. The van der Waals surface area contributed by atoms with Gasteiger partial charge in [0.05, 0.1) is 19.4 Å². The van der Waals surface area contributed by atoms with E-state index >= 15 is 0 Å². The Morgan fingerprint density at radius 1 is 1.31 bits per heavy atom. The van der Waals surface area contributed by atoms with Gasteiger partial charge in [-0.15, -0.1) is 0 Å². The number of methoxy groups -OCH3 is 1. The molecule has 0 aliphatic heterocycles. The van der Waals surface area contributed by atoms with Crippen LogP contribution in [0.2, 0.25) is 0 Å². The Hall–Kier alpha value is -2.24. The van der Waals surface area contributed by atoms with Gasteiger partial charge in [0.15, 0.2) is 18.1 Å². The van der Waals surface area contributed by atoms with E-state index in [2.05, 4.69) is 17.4 Å². The van der Waals surface area contributed by atoms with Gasteiger partial charge < -0.3 is 19.6 Å². The van der Waals surface area contributed by atoms with Crippen LogP contribution in [0.5, 0.6) is 11.5 Å². The number of ether oxygens (including phenoxy) is 2. The van der Waals surface area contributed by atoms with Gasteiger partial charge in [0.25, 0.3) is 5.91 Å². The van der Waals surface area contributed by atoms with Crippen molar-refractivity contribution >= 4 is 12.1 Å². The number of hydrogen-bond acceptors (Lipinski definition) is 5. The molecule has 0 spiro atoms. The molecular formula is C20H30N2O4. The van der Waals surface area contributed by atoms with E-state index in [1.807, 2.05) is 32.0 Å². The number of benzene rings is 1. The lowest BCUT2D eigenvalue weighted by molar-refractivity contribution is -0.126. The largest absolute Gasteiger partial charge is 0.493 e. The van der Waals surface area contributed by atoms with Crippen molar-refractivity contribution < 1.29 is 19.1 Å². The molecule has 0 heterocycles. The number of rotatable bonds is 8. The topological polar surface area (TPSA) is 69.2 Å². The highest BCUT2D eigenvalue weighted by Crippen LogP contribution is 2.28. The summed E-state index contributed by atoms with van der Waals surface area (Å²) in [5.74, 6) is 1.71. The molecule has 2 atom stereocenters. The molecule has 26 heavy (non-hydrogen) atoms. The molecule has 6 nitrogen and oxygen atoms in total. The van der Waals surface area contributed by atoms with Crippen molar-refractivity contribution in [3.63, 3.8) is 0 Å². The van der Waals surface area contributed by atoms with Crippen molar-refractivity contribution in [3.8, 4) is 11.5 Å². The fourth-order valence-corrected chi connectivity index (χ4v) is 3.09. The van der Waals surface area contributed by atoms with Gasteiger partial charge in [-0.2, -0.15) is 0 Å². The molecule has 0 bridgehead atoms. The molecule has 0 aromatic heterocycles. The van der Waals surface area contributed by atoms with Gasteiger partial charge in [0.2, 0.25) is 0 Å². The van der Waals surface area contributed by atoms with Gasteiger partial charge in [-0.3, -0.25) is 4.79 Å². The summed E-state index contributed by atoms with van der Waals surface area (Å²) in [6.45, 7) is 6.03. The van der Waals surface area contributed by atoms with Crippen molar-refractivity contribution in [1.82, 2.24) is 5.32 Å². The Balaban J connectivity index is 1.81. The number of amides is 1. The lowest BCUT2D eigenvalue weighted by atomic mass is 9.86. The molecule has 1 saturated carbocycles. The summed E-state index contributed by atoms with van der Waals surface area (Å²) < 4.78 is 11.0. The highest BCUT2D eigenvalue weighted by atomic mass is 16.6. The molecule has 1 aromatic carbocycles. The van der Waals surface area contributed by atoms with Crippen LogP contribution in [-0.2, 0) is 9.63 Å². The summed E-state index contributed by atoms with van der Waals surface area (Å²) >= 11 is 0. The summed E-state index contributed by atoms with van der Waals surface area (Å²) in [4.78, 5) is 17.1. The third-order valence-electron chi connectivity index (χ3n) is 4.48. The van der Waals surface area contributed by atoms with Crippen LogP contribution < -0.4 is 14.8 Å². The number of oxime groups is 1. The zero-order valence-electron chi connectivity index (χ0n) is 16.2. The van der Waals surface area contributed by atoms with Gasteiger partial charge in [0, 0.05) is 11.6 Å². The molecule has 1 amide bonds. The molecule has 0 unspecified atom stereocenters. The van der Waals surface area contributed by atoms with Crippen LogP contribution in [0, 0.1) is 5.92 Å². The molecule has 1 aliphatic rings. The highest BCUT2D eigenvalue weighted by Gasteiger charge is 2.22. The van der Waals surface area contributed by atoms with E-state index in [0.717, 1.165) is 12.0 Å². The van der Waals surface area contributed by atoms with Crippen LogP contribution in [0.1, 0.15) is 52.0 Å². The Morgan fingerprint density at radius 3 is 2.77 bits per heavy atom. The highest BCUT2D eigenvalue weighted by molar-refractivity contribution is 5.81. The SMILES string of the molecule is COc1cc(/C=N\OCC(=O)N[C@H]2CCCC[C@H]2C)ccc1OC(C)C. The summed E-state index contributed by atoms with van der Waals surface area (Å²) in [6.07, 6.45) is 6.25. The number of carbonyl (C=O) groups is 1. The maximum absolute atomic E-state index is 12.0. The zero-order valence-corrected chi connectivity index (χ0v) is 16.2. The van der Waals surface area contributed by atoms with E-state index in [9.17, 15) is 4.79 Å². The average molecular weight is 362 g/mol. The normalized spacial score (nSPS) is 20.2. The molecular weight excluding hydrogens is 332 g/mol. The smallest absolute Gasteiger partial charge is 0.261 e. The summed E-state index contributed by atoms with van der Waals surface area (Å²) in [6, 6.07) is 5.75. The number of nitrogens with one attached hydrogen (secondary N) is 1. The van der Waals surface area contributed by atoms with Gasteiger partial charge >= 0.3 is 0 Å². The average Bonchev–Trinajstić information content (AvgIpc) is 2.61. The second kappa shape index (κ2) is 10.0. The molecule has 1 aromatic rings. The van der Waals surface area contributed by atoms with Crippen LogP contribution in [0.15, 0.2) is 23.4 Å². The molecule has 144 valence electrons. The van der Waals surface area contributed by atoms with E-state index < -0.39 is 0 Å². The van der Waals surface area contributed by atoms with E-state index in [4.69, 9.17) is 14.3 Å². The molecule has 1 aliphatic carbocycles. The van der Waals surface area contributed by atoms with Gasteiger partial charge in [-0.05, 0) is 50.8 Å². The molecule has 2 rings (SSSR count). The van der Waals surface area contributed by atoms with Gasteiger partial charge in [-0.25, -0.2) is 0 Å². The minimum atomic E-state index is -0.126. The molecule has 1 fully saturated rings. The molecule has 6 heteroatoms.